The number of rotatable bonds is 0. The lowest BCUT2D eigenvalue weighted by Gasteiger charge is -2.01. The summed E-state index contributed by atoms with van der Waals surface area (Å²) in [4.78, 5) is 0. The normalized spacial score (nSPS) is 27.2. The van der Waals surface area contributed by atoms with E-state index in [1.807, 2.05) is 6.08 Å². The van der Waals surface area contributed by atoms with Crippen molar-refractivity contribution < 1.29 is 0 Å². The third-order valence-electron chi connectivity index (χ3n) is 3.74. The molecule has 0 spiro atoms. The van der Waals surface area contributed by atoms with Crippen molar-refractivity contribution in [2.75, 3.05) is 0 Å². The lowest BCUT2D eigenvalue weighted by molar-refractivity contribution is 0.553. The smallest absolute Gasteiger partial charge is 0.0276 e. The predicted octanol–water partition coefficient (Wildman–Crippen LogP) is 6.71. The van der Waals surface area contributed by atoms with Gasteiger partial charge >= 0.3 is 0 Å². The number of hydrogen-bond donors (Lipinski definition) is 0. The Morgan fingerprint density at radius 2 is 1.05 bits per heavy atom. The first-order chi connectivity index (χ1) is 10.0. The van der Waals surface area contributed by atoms with Crippen LogP contribution in [0.15, 0.2) is 42.5 Å². The Morgan fingerprint density at radius 3 is 1.80 bits per heavy atom. The third kappa shape index (κ3) is 12.0. The van der Waals surface area contributed by atoms with Crippen LogP contribution in [-0.4, -0.2) is 0 Å². The van der Waals surface area contributed by atoms with Crippen LogP contribution in [0.3, 0.4) is 0 Å². The first-order valence-electron chi connectivity index (χ1n) is 8.55. The maximum atomic E-state index is 3.34. The maximum Gasteiger partial charge on any atom is -0.0276 e. The van der Waals surface area contributed by atoms with Crippen LogP contribution in [0.4, 0.5) is 0 Å². The van der Waals surface area contributed by atoms with Crippen molar-refractivity contribution in [3.8, 4) is 0 Å². The van der Waals surface area contributed by atoms with Crippen molar-refractivity contribution in [2.24, 2.45) is 0 Å². The summed E-state index contributed by atoms with van der Waals surface area (Å²) >= 11 is 0. The van der Waals surface area contributed by atoms with Crippen LogP contribution >= 0.6 is 0 Å². The molecule has 0 aromatic heterocycles. The molecule has 0 aromatic rings. The molecule has 111 valence electrons. The summed E-state index contributed by atoms with van der Waals surface area (Å²) in [5.41, 5.74) is 0. The second-order valence-corrected chi connectivity index (χ2v) is 5.64. The van der Waals surface area contributed by atoms with Gasteiger partial charge in [0.05, 0.1) is 0 Å². The minimum atomic E-state index is 1.11. The fourth-order valence-electron chi connectivity index (χ4n) is 2.48. The van der Waals surface area contributed by atoms with Gasteiger partial charge in [0.1, 0.15) is 0 Å². The van der Waals surface area contributed by atoms with Crippen LogP contribution in [0, 0.1) is 6.08 Å². The molecule has 20 heavy (non-hydrogen) atoms. The van der Waals surface area contributed by atoms with Crippen LogP contribution in [0.5, 0.6) is 0 Å². The highest BCUT2D eigenvalue weighted by Gasteiger charge is 1.92. The van der Waals surface area contributed by atoms with E-state index in [2.05, 4.69) is 42.5 Å². The quantitative estimate of drug-likeness (QED) is 0.459. The third-order valence-corrected chi connectivity index (χ3v) is 3.74. The average molecular weight is 271 g/mol. The molecular weight excluding hydrogens is 240 g/mol. The fourth-order valence-corrected chi connectivity index (χ4v) is 2.48. The van der Waals surface area contributed by atoms with Crippen molar-refractivity contribution in [3.63, 3.8) is 0 Å². The van der Waals surface area contributed by atoms with Gasteiger partial charge in [0.2, 0.25) is 0 Å². The van der Waals surface area contributed by atoms with Crippen LogP contribution in [-0.2, 0) is 0 Å². The molecule has 1 radical (unpaired) electrons. The van der Waals surface area contributed by atoms with Gasteiger partial charge in [-0.15, -0.1) is 0 Å². The molecular formula is C20H31. The minimum absolute atomic E-state index is 1.11. The van der Waals surface area contributed by atoms with E-state index in [1.165, 1.54) is 70.6 Å². The summed E-state index contributed by atoms with van der Waals surface area (Å²) in [7, 11) is 0. The molecule has 0 fully saturated rings. The Balaban J connectivity index is 2.24. The molecule has 0 atom stereocenters. The Labute approximate surface area is 126 Å². The Kier molecular flexibility index (Phi) is 12.2. The first kappa shape index (κ1) is 17.0. The SMILES string of the molecule is [C]1=C/C=C/C=C\C=C\CCCCCCCCCCCC/1. The fraction of sp³-hybridized carbons (Fsp3) is 0.600. The molecule has 0 aromatic carbocycles. The van der Waals surface area contributed by atoms with Gasteiger partial charge in [-0.25, -0.2) is 0 Å². The van der Waals surface area contributed by atoms with E-state index in [1.54, 1.807) is 0 Å². The van der Waals surface area contributed by atoms with Crippen molar-refractivity contribution in [1.29, 1.82) is 0 Å². The molecule has 0 amide bonds. The van der Waals surface area contributed by atoms with Gasteiger partial charge in [-0.3, -0.25) is 0 Å². The standard InChI is InChI=1S/C20H31/c1-2-4-6-8-10-12-14-16-18-20-19-17-15-13-11-9-7-5-3-1/h1-7H,8,10-20H2/b2-1-,5-3+,6-4+,9-7?. The lowest BCUT2D eigenvalue weighted by atomic mass is 10.0. The average Bonchev–Trinajstić information content (AvgIpc) is 2.46. The molecule has 0 heteroatoms. The van der Waals surface area contributed by atoms with Crippen molar-refractivity contribution >= 4 is 0 Å². The van der Waals surface area contributed by atoms with Crippen LogP contribution in [0.25, 0.3) is 0 Å². The summed E-state index contributed by atoms with van der Waals surface area (Å²) in [6.45, 7) is 0. The van der Waals surface area contributed by atoms with Gasteiger partial charge in [0, 0.05) is 0 Å². The minimum Gasteiger partial charge on any atom is -0.0845 e. The molecule has 0 saturated carbocycles. The summed E-state index contributed by atoms with van der Waals surface area (Å²) < 4.78 is 0. The second kappa shape index (κ2) is 14.4. The van der Waals surface area contributed by atoms with Gasteiger partial charge < -0.3 is 0 Å². The summed E-state index contributed by atoms with van der Waals surface area (Å²) in [5.74, 6) is 0. The number of allylic oxidation sites excluding steroid dienone is 8. The Morgan fingerprint density at radius 1 is 0.500 bits per heavy atom. The Hall–Kier alpha value is -1.04. The van der Waals surface area contributed by atoms with Gasteiger partial charge in [-0.2, -0.15) is 0 Å². The predicted molar refractivity (Wildman–Crippen MR) is 90.6 cm³/mol. The molecule has 0 unspecified atom stereocenters. The van der Waals surface area contributed by atoms with Crippen molar-refractivity contribution in [2.45, 2.75) is 77.0 Å². The van der Waals surface area contributed by atoms with E-state index in [0.717, 1.165) is 6.42 Å². The van der Waals surface area contributed by atoms with Crippen molar-refractivity contribution in [3.05, 3.63) is 48.6 Å². The lowest BCUT2D eigenvalue weighted by Crippen LogP contribution is -1.82. The molecule has 0 saturated heterocycles. The highest BCUT2D eigenvalue weighted by atomic mass is 14.0. The molecule has 0 nitrogen and oxygen atoms in total. The van der Waals surface area contributed by atoms with E-state index >= 15 is 0 Å². The van der Waals surface area contributed by atoms with Gasteiger partial charge in [0.25, 0.3) is 0 Å². The highest BCUT2D eigenvalue weighted by molar-refractivity contribution is 5.14. The van der Waals surface area contributed by atoms with E-state index in [0.29, 0.717) is 0 Å². The van der Waals surface area contributed by atoms with E-state index < -0.39 is 0 Å². The summed E-state index contributed by atoms with van der Waals surface area (Å²) in [6, 6.07) is 0. The molecule has 0 N–H and O–H groups in total. The molecule has 0 bridgehead atoms. The van der Waals surface area contributed by atoms with Crippen molar-refractivity contribution in [1.82, 2.24) is 0 Å². The zero-order chi connectivity index (χ0) is 14.1. The highest BCUT2D eigenvalue weighted by Crippen LogP contribution is 2.12. The zero-order valence-corrected chi connectivity index (χ0v) is 13.0. The van der Waals surface area contributed by atoms with E-state index in [4.69, 9.17) is 0 Å². The first-order valence-corrected chi connectivity index (χ1v) is 8.55. The monoisotopic (exact) mass is 271 g/mol. The topological polar surface area (TPSA) is 0 Å². The summed E-state index contributed by atoms with van der Waals surface area (Å²) in [6.07, 6.45) is 34.5. The Bertz CT molecular complexity index is 272. The van der Waals surface area contributed by atoms with Crippen LogP contribution in [0.1, 0.15) is 77.0 Å². The van der Waals surface area contributed by atoms with Gasteiger partial charge in [-0.1, -0.05) is 93.9 Å². The van der Waals surface area contributed by atoms with Crippen LogP contribution in [0.2, 0.25) is 0 Å². The maximum absolute atomic E-state index is 3.34. The number of hydrogen-bond acceptors (Lipinski definition) is 0. The molecule has 1 aliphatic carbocycles. The van der Waals surface area contributed by atoms with E-state index in [-0.39, 0.29) is 0 Å². The molecule has 1 rings (SSSR count). The second-order valence-electron chi connectivity index (χ2n) is 5.64. The van der Waals surface area contributed by atoms with Gasteiger partial charge in [0.15, 0.2) is 0 Å². The molecule has 0 aliphatic heterocycles. The zero-order valence-electron chi connectivity index (χ0n) is 13.0. The molecule has 1 aliphatic rings. The van der Waals surface area contributed by atoms with Crippen LogP contribution < -0.4 is 0 Å². The molecule has 0 heterocycles. The van der Waals surface area contributed by atoms with E-state index in [9.17, 15) is 0 Å². The van der Waals surface area contributed by atoms with Gasteiger partial charge in [-0.05, 0) is 31.8 Å². The largest absolute Gasteiger partial charge is 0.0845 e. The summed E-state index contributed by atoms with van der Waals surface area (Å²) in [5, 5.41) is 0.